The zero-order valence-electron chi connectivity index (χ0n) is 38.8. The predicted octanol–water partition coefficient (Wildman–Crippen LogP) is 5.34. The monoisotopic (exact) mass is 907 g/mol. The van der Waals surface area contributed by atoms with E-state index in [2.05, 4.69) is 31.2 Å². The number of carbonyl (C=O) groups excluding carboxylic acids is 3. The highest BCUT2D eigenvalue weighted by Gasteiger charge is 2.40. The maximum atomic E-state index is 16.6. The van der Waals surface area contributed by atoms with Crippen LogP contribution in [0.4, 0.5) is 10.1 Å². The average Bonchev–Trinajstić information content (AvgIpc) is 4.09. The Morgan fingerprint density at radius 3 is 2.27 bits per heavy atom. The number of halogens is 1. The number of hydrogen-bond acceptors (Lipinski definition) is 11. The van der Waals surface area contributed by atoms with Crippen molar-refractivity contribution in [2.45, 2.75) is 95.6 Å². The molecule has 8 rings (SSSR count). The van der Waals surface area contributed by atoms with Crippen molar-refractivity contribution in [1.82, 2.24) is 29.6 Å². The summed E-state index contributed by atoms with van der Waals surface area (Å²) in [4.78, 5) is 48.1. The number of aromatic nitrogens is 2. The molecule has 2 unspecified atom stereocenters. The smallest absolute Gasteiger partial charge is 0.254 e. The maximum Gasteiger partial charge on any atom is 0.254 e. The number of piperidine rings is 2. The van der Waals surface area contributed by atoms with Crippen LogP contribution >= 0.6 is 0 Å². The molecule has 1 aliphatic carbocycles. The number of likely N-dealkylation sites (tertiary alicyclic amines) is 2. The van der Waals surface area contributed by atoms with Gasteiger partial charge in [-0.3, -0.25) is 14.4 Å². The minimum atomic E-state index is -1.37. The number of benzene rings is 2. The summed E-state index contributed by atoms with van der Waals surface area (Å²) >= 11 is 0. The van der Waals surface area contributed by atoms with Crippen molar-refractivity contribution in [2.75, 3.05) is 64.8 Å². The Hall–Kier alpha value is -5.97. The van der Waals surface area contributed by atoms with Gasteiger partial charge in [0.1, 0.15) is 23.2 Å². The Bertz CT molecular complexity index is 2390. The number of allylic oxidation sites excluding steroid dienone is 1. The lowest BCUT2D eigenvalue weighted by molar-refractivity contribution is -0.116. The lowest BCUT2D eigenvalue weighted by atomic mass is 9.90. The van der Waals surface area contributed by atoms with E-state index >= 15 is 4.39 Å². The third-order valence-electron chi connectivity index (χ3n) is 13.4. The fourth-order valence-electron chi connectivity index (χ4n) is 9.94. The molecule has 16 heteroatoms. The number of aliphatic hydroxyl groups excluding tert-OH is 1. The van der Waals surface area contributed by atoms with Crippen molar-refractivity contribution >= 4 is 40.6 Å². The predicted molar refractivity (Wildman–Crippen MR) is 256 cm³/mol. The molecule has 4 fully saturated rings. The fourth-order valence-corrected chi connectivity index (χ4v) is 9.94. The molecule has 0 spiro atoms. The highest BCUT2D eigenvalue weighted by Crippen LogP contribution is 2.45. The number of aryl methyl sites for hydroxylation is 2. The molecule has 3 saturated heterocycles. The molecule has 1 saturated carbocycles. The number of nitrogens with two attached hydrogens (primary N) is 3. The number of morpholine rings is 1. The number of rotatable bonds is 14. The van der Waals surface area contributed by atoms with Gasteiger partial charge in [-0.2, -0.15) is 0 Å². The summed E-state index contributed by atoms with van der Waals surface area (Å²) in [6.45, 7) is 9.95. The highest BCUT2D eigenvalue weighted by molar-refractivity contribution is 5.97. The molecule has 9 N–H and O–H groups in total. The van der Waals surface area contributed by atoms with Crippen molar-refractivity contribution in [3.63, 3.8) is 0 Å². The van der Waals surface area contributed by atoms with Gasteiger partial charge in [-0.25, -0.2) is 9.37 Å². The molecule has 2 aromatic heterocycles. The molecule has 5 heterocycles. The number of ether oxygens (including phenoxy) is 1. The number of nitrogens with zero attached hydrogens (tertiary/aromatic N) is 5. The third-order valence-corrected chi connectivity index (χ3v) is 13.4. The molecule has 4 aliphatic rings. The highest BCUT2D eigenvalue weighted by atomic mass is 19.1. The van der Waals surface area contributed by atoms with Crippen LogP contribution in [0.3, 0.4) is 0 Å². The van der Waals surface area contributed by atoms with Crippen LogP contribution in [-0.2, 0) is 14.3 Å². The van der Waals surface area contributed by atoms with E-state index in [1.807, 2.05) is 80.3 Å². The molecular weight excluding hydrogens is 840 g/mol. The molecular formula is C50H67FN10O5. The van der Waals surface area contributed by atoms with Crippen molar-refractivity contribution in [3.05, 3.63) is 112 Å². The van der Waals surface area contributed by atoms with Gasteiger partial charge >= 0.3 is 0 Å². The first-order chi connectivity index (χ1) is 31.8. The molecule has 3 aliphatic heterocycles. The lowest BCUT2D eigenvalue weighted by Crippen LogP contribution is -2.51. The van der Waals surface area contributed by atoms with Gasteiger partial charge in [0.15, 0.2) is 0 Å². The molecule has 354 valence electrons. The van der Waals surface area contributed by atoms with E-state index in [1.54, 1.807) is 6.20 Å². The number of carbonyl (C=O) groups is 3. The molecule has 4 aromatic rings. The number of amides is 3. The standard InChI is InChI=1S/C49H63FN10O4.CH4O/c1-31-21-36(43-28-59(26-33(3)64-43)42(46(52)53)24-41(51)35-7-5-4-6-8-35)22-32(2)45(31)48(63)58-19-14-49(50,15-20-58)29-57-17-12-38(13-18-57)60-27-40(34-9-10-34)39-23-37(25-55-47(39)60)56-44(62)11-16-54-30-61;1-2/h4-8,21-25,27,30,33-34,38,43H,9-20,26,28-29,51-53H2,1-3H3,(H,54,61)(H,56,62);2H,1H3/b41-24-;. The second-order valence-corrected chi connectivity index (χ2v) is 18.4. The molecule has 2 atom stereocenters. The second kappa shape index (κ2) is 21.1. The van der Waals surface area contributed by atoms with Gasteiger partial charge in [0.2, 0.25) is 12.3 Å². The second-order valence-electron chi connectivity index (χ2n) is 18.4. The summed E-state index contributed by atoms with van der Waals surface area (Å²) in [5.74, 6) is 0.435. The Labute approximate surface area is 387 Å². The summed E-state index contributed by atoms with van der Waals surface area (Å²) in [6, 6.07) is 16.0. The number of anilines is 1. The van der Waals surface area contributed by atoms with Crippen LogP contribution in [0.1, 0.15) is 108 Å². The summed E-state index contributed by atoms with van der Waals surface area (Å²) < 4.78 is 25.3. The first-order valence-electron chi connectivity index (χ1n) is 23.2. The third kappa shape index (κ3) is 11.2. The summed E-state index contributed by atoms with van der Waals surface area (Å²) in [7, 11) is 1.00. The van der Waals surface area contributed by atoms with Gasteiger partial charge in [-0.1, -0.05) is 42.5 Å². The summed E-state index contributed by atoms with van der Waals surface area (Å²) in [6.07, 6.45) is 10.8. The van der Waals surface area contributed by atoms with Crippen LogP contribution in [-0.4, -0.2) is 119 Å². The van der Waals surface area contributed by atoms with E-state index in [1.165, 1.54) is 5.56 Å². The Morgan fingerprint density at radius 1 is 0.955 bits per heavy atom. The first kappa shape index (κ1) is 48.0. The van der Waals surface area contributed by atoms with Crippen LogP contribution in [0.15, 0.2) is 78.5 Å². The van der Waals surface area contributed by atoms with Gasteiger partial charge < -0.3 is 56.9 Å². The van der Waals surface area contributed by atoms with Crippen LogP contribution < -0.4 is 27.8 Å². The zero-order chi connectivity index (χ0) is 47.1. The summed E-state index contributed by atoms with van der Waals surface area (Å²) in [5, 5.41) is 13.5. The molecule has 66 heavy (non-hydrogen) atoms. The van der Waals surface area contributed by atoms with Crippen LogP contribution in [0, 0.1) is 13.8 Å². The lowest BCUT2D eigenvalue weighted by Gasteiger charge is -2.41. The van der Waals surface area contributed by atoms with Crippen LogP contribution in [0.25, 0.3) is 16.7 Å². The largest absolute Gasteiger partial charge is 0.400 e. The van der Waals surface area contributed by atoms with Gasteiger partial charge in [0.25, 0.3) is 5.91 Å². The molecule has 2 aromatic carbocycles. The van der Waals surface area contributed by atoms with Crippen molar-refractivity contribution < 1.29 is 28.6 Å². The quantitative estimate of drug-likeness (QED) is 0.0540. The number of hydrogen-bond donors (Lipinski definition) is 6. The van der Waals surface area contributed by atoms with Crippen molar-refractivity contribution in [1.29, 1.82) is 0 Å². The Balaban J connectivity index is 0.00000320. The summed E-state index contributed by atoms with van der Waals surface area (Å²) in [5.41, 5.74) is 25.8. The van der Waals surface area contributed by atoms with Gasteiger partial charge in [0, 0.05) is 108 Å². The number of aliphatic hydroxyl groups is 1. The maximum absolute atomic E-state index is 16.6. The number of nitrogens with one attached hydrogen (secondary N) is 2. The molecule has 0 radical (unpaired) electrons. The minimum absolute atomic E-state index is 0.0638. The van der Waals surface area contributed by atoms with E-state index in [9.17, 15) is 14.4 Å². The normalized spacial score (nSPS) is 20.3. The van der Waals surface area contributed by atoms with Crippen LogP contribution in [0.2, 0.25) is 0 Å². The SMILES string of the molecule is CO.Cc1cc(C2CN(C(/C=C(\N)c3ccccc3)=C(N)N)CC(C)O2)cc(C)c1C(=O)N1CCC(F)(CN2CCC(n3cc(C4CC4)c4cc(NC(=O)CCNC=O)cnc43)CC2)CC1. The minimum Gasteiger partial charge on any atom is -0.400 e. The van der Waals surface area contributed by atoms with E-state index in [-0.39, 0.29) is 48.9 Å². The van der Waals surface area contributed by atoms with Gasteiger partial charge in [-0.05, 0) is 92.3 Å². The number of pyridine rings is 1. The first-order valence-corrected chi connectivity index (χ1v) is 23.2. The fraction of sp³-hybridized carbons (Fsp3) is 0.480. The van der Waals surface area contributed by atoms with Gasteiger partial charge in [-0.15, -0.1) is 0 Å². The topological polar surface area (TPSA) is 210 Å². The Morgan fingerprint density at radius 2 is 1.64 bits per heavy atom. The number of fused-ring (bicyclic) bond motifs is 1. The van der Waals surface area contributed by atoms with E-state index < -0.39 is 5.67 Å². The number of alkyl halides is 1. The molecule has 0 bridgehead atoms. The Kier molecular flexibility index (Phi) is 15.3. The van der Waals surface area contributed by atoms with Crippen molar-refractivity contribution in [2.24, 2.45) is 17.2 Å². The molecule has 3 amide bonds. The van der Waals surface area contributed by atoms with E-state index in [4.69, 9.17) is 32.0 Å². The van der Waals surface area contributed by atoms with Gasteiger partial charge in [0.05, 0.1) is 23.7 Å². The van der Waals surface area contributed by atoms with E-state index in [0.717, 1.165) is 79.2 Å². The van der Waals surface area contributed by atoms with E-state index in [0.29, 0.717) is 80.5 Å². The van der Waals surface area contributed by atoms with Crippen molar-refractivity contribution in [3.8, 4) is 0 Å². The average molecular weight is 907 g/mol. The zero-order valence-corrected chi connectivity index (χ0v) is 38.8. The van der Waals surface area contributed by atoms with Crippen LogP contribution in [0.5, 0.6) is 0 Å². The molecule has 15 nitrogen and oxygen atoms in total.